The zero-order valence-corrected chi connectivity index (χ0v) is 10.5. The highest BCUT2D eigenvalue weighted by Crippen LogP contribution is 2.26. The number of carbonyl (C=O) groups is 2. The zero-order valence-electron chi connectivity index (χ0n) is 10.5. The molecule has 110 valence electrons. The largest absolute Gasteiger partial charge is 0.465 e. The van der Waals surface area contributed by atoms with E-state index in [1.165, 1.54) is 12.1 Å². The second-order valence-electron chi connectivity index (χ2n) is 3.92. The molecule has 0 atom stereocenters. The van der Waals surface area contributed by atoms with Gasteiger partial charge in [-0.1, -0.05) is 11.6 Å². The molecule has 0 aliphatic heterocycles. The van der Waals surface area contributed by atoms with Crippen LogP contribution in [0.25, 0.3) is 0 Å². The van der Waals surface area contributed by atoms with Gasteiger partial charge in [-0.05, 0) is 19.1 Å². The average Bonchev–Trinajstić information content (AvgIpc) is 2.39. The maximum absolute atomic E-state index is 12.8. The number of amides is 1. The fourth-order valence-corrected chi connectivity index (χ4v) is 1.35. The fraction of sp³-hybridized carbons (Fsp3) is 0.333. The number of esters is 1. The molecular weight excluding hydrogens is 282 g/mol. The second-order valence-corrected chi connectivity index (χ2v) is 3.92. The van der Waals surface area contributed by atoms with Crippen LogP contribution in [0.4, 0.5) is 23.2 Å². The molecule has 0 aliphatic rings. The van der Waals surface area contributed by atoms with Gasteiger partial charge in [0.05, 0.1) is 18.4 Å². The fourth-order valence-electron chi connectivity index (χ4n) is 1.35. The molecular formula is C12H11F4NO3. The van der Waals surface area contributed by atoms with E-state index in [-0.39, 0.29) is 11.3 Å². The van der Waals surface area contributed by atoms with Gasteiger partial charge in [0, 0.05) is 0 Å². The van der Waals surface area contributed by atoms with Gasteiger partial charge in [-0.15, -0.1) is 0 Å². The highest BCUT2D eigenvalue weighted by Gasteiger charge is 2.49. The topological polar surface area (TPSA) is 55.4 Å². The van der Waals surface area contributed by atoms with Crippen LogP contribution >= 0.6 is 0 Å². The molecule has 1 amide bonds. The van der Waals surface area contributed by atoms with Crippen molar-refractivity contribution in [2.45, 2.75) is 19.3 Å². The molecule has 0 radical (unpaired) electrons. The van der Waals surface area contributed by atoms with Crippen molar-refractivity contribution in [3.8, 4) is 0 Å². The van der Waals surface area contributed by atoms with E-state index in [0.29, 0.717) is 5.56 Å². The first-order valence-electron chi connectivity index (χ1n) is 5.36. The Bertz CT molecular complexity index is 531. The Balaban J connectivity index is 3.10. The number of aryl methyl sites for hydroxylation is 1. The van der Waals surface area contributed by atoms with Crippen LogP contribution in [0.3, 0.4) is 0 Å². The summed E-state index contributed by atoms with van der Waals surface area (Å²) >= 11 is 0. The lowest BCUT2D eigenvalue weighted by molar-refractivity contribution is -0.163. The predicted octanol–water partition coefficient (Wildman–Crippen LogP) is 2.62. The van der Waals surface area contributed by atoms with Crippen LogP contribution in [0.5, 0.6) is 0 Å². The van der Waals surface area contributed by atoms with E-state index in [1.54, 1.807) is 12.2 Å². The number of hydrogen-bond acceptors (Lipinski definition) is 3. The normalized spacial score (nSPS) is 11.3. The maximum Gasteiger partial charge on any atom is 0.383 e. The molecule has 0 fully saturated rings. The average molecular weight is 293 g/mol. The first-order valence-corrected chi connectivity index (χ1v) is 5.36. The van der Waals surface area contributed by atoms with E-state index in [9.17, 15) is 27.2 Å². The minimum Gasteiger partial charge on any atom is -0.465 e. The summed E-state index contributed by atoms with van der Waals surface area (Å²) in [4.78, 5) is 22.6. The van der Waals surface area contributed by atoms with E-state index in [0.717, 1.165) is 13.2 Å². The summed E-state index contributed by atoms with van der Waals surface area (Å²) in [5.41, 5.74) is 0.0720. The van der Waals surface area contributed by atoms with Gasteiger partial charge in [0.15, 0.2) is 0 Å². The molecule has 1 aromatic carbocycles. The SMILES string of the molecule is COC(=O)c1cc(C)ccc1NC(=O)C(F)(F)C(F)F. The summed E-state index contributed by atoms with van der Waals surface area (Å²) < 4.78 is 54.2. The Morgan fingerprint density at radius 3 is 2.40 bits per heavy atom. The van der Waals surface area contributed by atoms with Crippen LogP contribution in [-0.4, -0.2) is 31.3 Å². The van der Waals surface area contributed by atoms with Gasteiger partial charge in [-0.25, -0.2) is 13.6 Å². The molecule has 20 heavy (non-hydrogen) atoms. The Hall–Kier alpha value is -2.12. The van der Waals surface area contributed by atoms with E-state index >= 15 is 0 Å². The van der Waals surface area contributed by atoms with Gasteiger partial charge >= 0.3 is 24.2 Å². The first-order chi connectivity index (χ1) is 9.20. The number of rotatable bonds is 4. The highest BCUT2D eigenvalue weighted by atomic mass is 19.3. The Morgan fingerprint density at radius 2 is 1.90 bits per heavy atom. The van der Waals surface area contributed by atoms with Crippen LogP contribution < -0.4 is 5.32 Å². The minimum atomic E-state index is -4.85. The van der Waals surface area contributed by atoms with Crippen molar-refractivity contribution in [3.63, 3.8) is 0 Å². The number of methoxy groups -OCH3 is 1. The minimum absolute atomic E-state index is 0.203. The van der Waals surface area contributed by atoms with Gasteiger partial charge < -0.3 is 10.1 Å². The maximum atomic E-state index is 12.8. The van der Waals surface area contributed by atoms with Gasteiger partial charge in [-0.2, -0.15) is 8.78 Å². The van der Waals surface area contributed by atoms with E-state index < -0.39 is 24.2 Å². The third-order valence-electron chi connectivity index (χ3n) is 2.41. The highest BCUT2D eigenvalue weighted by molar-refractivity contribution is 6.03. The summed E-state index contributed by atoms with van der Waals surface area (Å²) in [5, 5.41) is 1.60. The molecule has 0 saturated heterocycles. The summed E-state index contributed by atoms with van der Waals surface area (Å²) in [5.74, 6) is -7.93. The van der Waals surface area contributed by atoms with Crippen molar-refractivity contribution in [2.75, 3.05) is 12.4 Å². The van der Waals surface area contributed by atoms with Crippen LogP contribution in [-0.2, 0) is 9.53 Å². The smallest absolute Gasteiger partial charge is 0.383 e. The summed E-state index contributed by atoms with van der Waals surface area (Å²) in [7, 11) is 1.06. The number of benzene rings is 1. The van der Waals surface area contributed by atoms with Gasteiger partial charge in [0.1, 0.15) is 0 Å². The number of anilines is 1. The van der Waals surface area contributed by atoms with Gasteiger partial charge in [-0.3, -0.25) is 4.79 Å². The van der Waals surface area contributed by atoms with Crippen LogP contribution in [0, 0.1) is 6.92 Å². The van der Waals surface area contributed by atoms with Crippen molar-refractivity contribution in [2.24, 2.45) is 0 Å². The van der Waals surface area contributed by atoms with Crippen molar-refractivity contribution < 1.29 is 31.9 Å². The van der Waals surface area contributed by atoms with Gasteiger partial charge in [0.2, 0.25) is 0 Å². The lowest BCUT2D eigenvalue weighted by Crippen LogP contribution is -2.41. The number of hydrogen-bond donors (Lipinski definition) is 1. The van der Waals surface area contributed by atoms with Crippen LogP contribution in [0.2, 0.25) is 0 Å². The van der Waals surface area contributed by atoms with Crippen molar-refractivity contribution >= 4 is 17.6 Å². The third kappa shape index (κ3) is 3.25. The van der Waals surface area contributed by atoms with Crippen LogP contribution in [0.15, 0.2) is 18.2 Å². The number of ether oxygens (including phenoxy) is 1. The summed E-state index contributed by atoms with van der Waals surface area (Å²) in [6.45, 7) is 1.62. The van der Waals surface area contributed by atoms with E-state index in [2.05, 4.69) is 4.74 Å². The van der Waals surface area contributed by atoms with Gasteiger partial charge in [0.25, 0.3) is 0 Å². The van der Waals surface area contributed by atoms with E-state index in [1.807, 2.05) is 0 Å². The third-order valence-corrected chi connectivity index (χ3v) is 2.41. The molecule has 1 N–H and O–H groups in total. The molecule has 0 aliphatic carbocycles. The molecule has 0 aromatic heterocycles. The number of nitrogens with one attached hydrogen (secondary N) is 1. The van der Waals surface area contributed by atoms with Crippen LogP contribution in [0.1, 0.15) is 15.9 Å². The lowest BCUT2D eigenvalue weighted by Gasteiger charge is -2.16. The monoisotopic (exact) mass is 293 g/mol. The molecule has 0 unspecified atom stereocenters. The molecule has 8 heteroatoms. The first kappa shape index (κ1) is 15.9. The summed E-state index contributed by atoms with van der Waals surface area (Å²) in [6, 6.07) is 3.85. The lowest BCUT2D eigenvalue weighted by atomic mass is 10.1. The Labute approximate surface area is 111 Å². The molecule has 0 bridgehead atoms. The molecule has 0 spiro atoms. The number of halogens is 4. The molecule has 0 saturated carbocycles. The molecule has 4 nitrogen and oxygen atoms in total. The Morgan fingerprint density at radius 1 is 1.30 bits per heavy atom. The molecule has 1 aromatic rings. The predicted molar refractivity (Wildman–Crippen MR) is 62.1 cm³/mol. The van der Waals surface area contributed by atoms with Crippen molar-refractivity contribution in [1.29, 1.82) is 0 Å². The molecule has 0 heterocycles. The van der Waals surface area contributed by atoms with Crippen molar-refractivity contribution in [1.82, 2.24) is 0 Å². The van der Waals surface area contributed by atoms with Crippen molar-refractivity contribution in [3.05, 3.63) is 29.3 Å². The van der Waals surface area contributed by atoms with E-state index in [4.69, 9.17) is 0 Å². The standard InChI is InChI=1S/C12H11F4NO3/c1-6-3-4-8(7(5-6)9(18)20-2)17-11(19)12(15,16)10(13)14/h3-5,10H,1-2H3,(H,17,19). The number of carbonyl (C=O) groups excluding carboxylic acids is 2. The zero-order chi connectivity index (χ0) is 15.5. The summed E-state index contributed by atoms with van der Waals surface area (Å²) in [6.07, 6.45) is -4.14. The molecule has 1 rings (SSSR count). The Kier molecular flexibility index (Phi) is 4.69. The second kappa shape index (κ2) is 5.89. The number of alkyl halides is 4. The quantitative estimate of drug-likeness (QED) is 0.686.